The lowest BCUT2D eigenvalue weighted by atomic mass is 10.0. The summed E-state index contributed by atoms with van der Waals surface area (Å²) in [4.78, 5) is 6.24. The summed E-state index contributed by atoms with van der Waals surface area (Å²) in [6.45, 7) is 5.38. The number of pyridine rings is 1. The fourth-order valence-corrected chi connectivity index (χ4v) is 1.56. The molecular weight excluding hydrogens is 200 g/mol. The molecule has 1 aromatic heterocycles. The maximum Gasteiger partial charge on any atom is 0.146 e. The van der Waals surface area contributed by atoms with Gasteiger partial charge in [-0.1, -0.05) is 13.8 Å². The maximum absolute atomic E-state index is 5.81. The number of rotatable bonds is 5. The van der Waals surface area contributed by atoms with Gasteiger partial charge in [0.1, 0.15) is 5.82 Å². The molecule has 0 aromatic carbocycles. The number of nitrogens with zero attached hydrogens (tertiary/aromatic N) is 2. The minimum absolute atomic E-state index is 0.376. The van der Waals surface area contributed by atoms with Crippen LogP contribution in [0.5, 0.6) is 0 Å². The molecule has 1 unspecified atom stereocenters. The lowest BCUT2D eigenvalue weighted by Gasteiger charge is -2.26. The molecule has 1 heterocycles. The minimum atomic E-state index is 0.376. The summed E-state index contributed by atoms with van der Waals surface area (Å²) in [6, 6.07) is 4.24. The number of nitrogens with two attached hydrogens (primary N) is 1. The first-order valence-corrected chi connectivity index (χ1v) is 5.62. The molecule has 0 aliphatic rings. The van der Waals surface area contributed by atoms with Gasteiger partial charge in [0.15, 0.2) is 0 Å². The Kier molecular flexibility index (Phi) is 4.55. The van der Waals surface area contributed by atoms with E-state index in [-0.39, 0.29) is 0 Å². The van der Waals surface area contributed by atoms with Crippen LogP contribution >= 0.6 is 0 Å². The van der Waals surface area contributed by atoms with Gasteiger partial charge in [0, 0.05) is 18.8 Å². The highest BCUT2D eigenvalue weighted by molar-refractivity contribution is 5.61. The third kappa shape index (κ3) is 3.70. The first-order chi connectivity index (χ1) is 7.50. The summed E-state index contributed by atoms with van der Waals surface area (Å²) in [5.74, 6) is 1.11. The molecule has 16 heavy (non-hydrogen) atoms. The Morgan fingerprint density at radius 2 is 2.12 bits per heavy atom. The summed E-state index contributed by atoms with van der Waals surface area (Å²) in [5, 5.41) is 3.45. The van der Waals surface area contributed by atoms with Gasteiger partial charge in [0.25, 0.3) is 0 Å². The zero-order valence-electron chi connectivity index (χ0n) is 10.6. The Bertz CT molecular complexity index is 323. The van der Waals surface area contributed by atoms with Crippen molar-refractivity contribution < 1.29 is 0 Å². The number of anilines is 2. The third-order valence-electron chi connectivity index (χ3n) is 2.55. The number of hydrogen-bond acceptors (Lipinski definition) is 4. The SMILES string of the molecule is CC(C)C(CN(C)C)Nc1cccnc1N. The van der Waals surface area contributed by atoms with Crippen molar-refractivity contribution in [1.82, 2.24) is 9.88 Å². The standard InChI is InChI=1S/C12H22N4/c1-9(2)11(8-16(3)4)15-10-6-5-7-14-12(10)13/h5-7,9,11,15H,8H2,1-4H3,(H2,13,14). The lowest BCUT2D eigenvalue weighted by molar-refractivity contribution is 0.344. The number of likely N-dealkylation sites (N-methyl/N-ethyl adjacent to an activating group) is 1. The average Bonchev–Trinajstić information content (AvgIpc) is 2.19. The fourth-order valence-electron chi connectivity index (χ4n) is 1.56. The van der Waals surface area contributed by atoms with Gasteiger partial charge in [-0.05, 0) is 32.1 Å². The number of aromatic nitrogens is 1. The average molecular weight is 222 g/mol. The zero-order valence-corrected chi connectivity index (χ0v) is 10.6. The molecule has 1 atom stereocenters. The molecule has 0 saturated heterocycles. The van der Waals surface area contributed by atoms with E-state index >= 15 is 0 Å². The van der Waals surface area contributed by atoms with Crippen molar-refractivity contribution in [3.05, 3.63) is 18.3 Å². The molecule has 0 aliphatic heterocycles. The molecule has 0 amide bonds. The maximum atomic E-state index is 5.81. The Morgan fingerprint density at radius 1 is 1.44 bits per heavy atom. The first kappa shape index (κ1) is 12.8. The van der Waals surface area contributed by atoms with E-state index in [9.17, 15) is 0 Å². The summed E-state index contributed by atoms with van der Waals surface area (Å²) in [5.41, 5.74) is 6.73. The second kappa shape index (κ2) is 5.70. The normalized spacial score (nSPS) is 13.1. The van der Waals surface area contributed by atoms with E-state index in [0.717, 1.165) is 12.2 Å². The molecule has 1 rings (SSSR count). The Hall–Kier alpha value is -1.29. The molecule has 0 aliphatic carbocycles. The van der Waals surface area contributed by atoms with E-state index in [1.807, 2.05) is 12.1 Å². The smallest absolute Gasteiger partial charge is 0.146 e. The summed E-state index contributed by atoms with van der Waals surface area (Å²) < 4.78 is 0. The van der Waals surface area contributed by atoms with Crippen molar-refractivity contribution in [3.8, 4) is 0 Å². The van der Waals surface area contributed by atoms with Crippen molar-refractivity contribution in [1.29, 1.82) is 0 Å². The topological polar surface area (TPSA) is 54.2 Å². The van der Waals surface area contributed by atoms with Gasteiger partial charge >= 0.3 is 0 Å². The van der Waals surface area contributed by atoms with Gasteiger partial charge in [0.05, 0.1) is 5.69 Å². The van der Waals surface area contributed by atoms with Crippen LogP contribution in [0.15, 0.2) is 18.3 Å². The summed E-state index contributed by atoms with van der Waals surface area (Å²) in [7, 11) is 4.15. The van der Waals surface area contributed by atoms with Gasteiger partial charge in [-0.2, -0.15) is 0 Å². The quantitative estimate of drug-likeness (QED) is 0.795. The van der Waals surface area contributed by atoms with Crippen LogP contribution in [0.2, 0.25) is 0 Å². The molecular formula is C12H22N4. The highest BCUT2D eigenvalue weighted by Crippen LogP contribution is 2.17. The van der Waals surface area contributed by atoms with E-state index < -0.39 is 0 Å². The molecule has 90 valence electrons. The minimum Gasteiger partial charge on any atom is -0.382 e. The number of nitrogens with one attached hydrogen (secondary N) is 1. The van der Waals surface area contributed by atoms with E-state index in [0.29, 0.717) is 17.8 Å². The van der Waals surface area contributed by atoms with Crippen molar-refractivity contribution >= 4 is 11.5 Å². The van der Waals surface area contributed by atoms with E-state index in [1.54, 1.807) is 6.20 Å². The summed E-state index contributed by atoms with van der Waals surface area (Å²) in [6.07, 6.45) is 1.71. The Morgan fingerprint density at radius 3 is 2.62 bits per heavy atom. The van der Waals surface area contributed by atoms with Crippen LogP contribution in [0, 0.1) is 5.92 Å². The molecule has 4 heteroatoms. The van der Waals surface area contributed by atoms with Gasteiger partial charge in [-0.25, -0.2) is 4.98 Å². The van der Waals surface area contributed by atoms with Gasteiger partial charge in [0.2, 0.25) is 0 Å². The van der Waals surface area contributed by atoms with Gasteiger partial charge < -0.3 is 16.0 Å². The van der Waals surface area contributed by atoms with Crippen LogP contribution in [0.1, 0.15) is 13.8 Å². The number of hydrogen-bond donors (Lipinski definition) is 2. The molecule has 0 fully saturated rings. The highest BCUT2D eigenvalue weighted by Gasteiger charge is 2.15. The van der Waals surface area contributed by atoms with Crippen LogP contribution < -0.4 is 11.1 Å². The second-order valence-corrected chi connectivity index (χ2v) is 4.69. The Labute approximate surface area is 97.9 Å². The predicted molar refractivity (Wildman–Crippen MR) is 69.5 cm³/mol. The largest absolute Gasteiger partial charge is 0.382 e. The van der Waals surface area contributed by atoms with Crippen molar-refractivity contribution in [2.45, 2.75) is 19.9 Å². The molecule has 3 N–H and O–H groups in total. The Balaban J connectivity index is 2.72. The fraction of sp³-hybridized carbons (Fsp3) is 0.583. The van der Waals surface area contributed by atoms with E-state index in [2.05, 4.69) is 43.1 Å². The van der Waals surface area contributed by atoms with Crippen LogP contribution in [0.3, 0.4) is 0 Å². The molecule has 0 bridgehead atoms. The molecule has 0 spiro atoms. The molecule has 1 aromatic rings. The van der Waals surface area contributed by atoms with E-state index in [1.165, 1.54) is 0 Å². The van der Waals surface area contributed by atoms with Crippen LogP contribution in [0.25, 0.3) is 0 Å². The highest BCUT2D eigenvalue weighted by atomic mass is 15.1. The molecule has 0 saturated carbocycles. The monoisotopic (exact) mass is 222 g/mol. The molecule has 0 radical (unpaired) electrons. The lowest BCUT2D eigenvalue weighted by Crippen LogP contribution is -2.36. The molecule has 4 nitrogen and oxygen atoms in total. The van der Waals surface area contributed by atoms with Gasteiger partial charge in [-0.15, -0.1) is 0 Å². The van der Waals surface area contributed by atoms with Crippen molar-refractivity contribution in [2.24, 2.45) is 5.92 Å². The summed E-state index contributed by atoms with van der Waals surface area (Å²) >= 11 is 0. The zero-order chi connectivity index (χ0) is 12.1. The first-order valence-electron chi connectivity index (χ1n) is 5.62. The van der Waals surface area contributed by atoms with Crippen molar-refractivity contribution in [2.75, 3.05) is 31.7 Å². The predicted octanol–water partition coefficient (Wildman–Crippen LogP) is 1.66. The third-order valence-corrected chi connectivity index (χ3v) is 2.55. The van der Waals surface area contributed by atoms with E-state index in [4.69, 9.17) is 5.73 Å². The van der Waals surface area contributed by atoms with Crippen LogP contribution in [-0.4, -0.2) is 36.6 Å². The van der Waals surface area contributed by atoms with Crippen LogP contribution in [0.4, 0.5) is 11.5 Å². The second-order valence-electron chi connectivity index (χ2n) is 4.69. The van der Waals surface area contributed by atoms with Gasteiger partial charge in [-0.3, -0.25) is 0 Å². The number of nitrogen functional groups attached to an aromatic ring is 1. The van der Waals surface area contributed by atoms with Crippen LogP contribution in [-0.2, 0) is 0 Å². The van der Waals surface area contributed by atoms with Crippen molar-refractivity contribution in [3.63, 3.8) is 0 Å².